The third-order valence-corrected chi connectivity index (χ3v) is 7.40. The molecule has 4 aromatic rings. The zero-order valence-electron chi connectivity index (χ0n) is 18.3. The molecular weight excluding hydrogens is 442 g/mol. The average Bonchev–Trinajstić information content (AvgIpc) is 3.29. The number of nitrogens with zero attached hydrogens (tertiary/aromatic N) is 4. The van der Waals surface area contributed by atoms with Crippen LogP contribution in [0, 0.1) is 0 Å². The molecule has 0 atom stereocenters. The standard InChI is InChI=1S/C23H23N5O4S/c1-4-14-5-10-17(19(29)11-14)22-27-28-23(32-22)20-21(24)25-12-18(26-20)15-6-8-16(9-7-15)33(30,31)13(2)3/h5-13,29H,4H2,1-3H3,(H2,24,25). The summed E-state index contributed by atoms with van der Waals surface area (Å²) < 4.78 is 30.4. The average molecular weight is 466 g/mol. The molecule has 3 N–H and O–H groups in total. The normalized spacial score (nSPS) is 11.8. The number of aryl methyl sites for hydroxylation is 1. The van der Waals surface area contributed by atoms with E-state index in [0.717, 1.165) is 12.0 Å². The van der Waals surface area contributed by atoms with Crippen LogP contribution in [0.1, 0.15) is 26.3 Å². The van der Waals surface area contributed by atoms with Crippen molar-refractivity contribution in [2.24, 2.45) is 0 Å². The zero-order chi connectivity index (χ0) is 23.8. The fourth-order valence-corrected chi connectivity index (χ4v) is 4.25. The number of nitrogen functional groups attached to an aromatic ring is 1. The van der Waals surface area contributed by atoms with Crippen molar-refractivity contribution in [3.05, 3.63) is 54.2 Å². The van der Waals surface area contributed by atoms with Crippen LogP contribution in [0.15, 0.2) is 58.0 Å². The van der Waals surface area contributed by atoms with E-state index in [4.69, 9.17) is 10.2 Å². The number of hydrogen-bond acceptors (Lipinski definition) is 9. The van der Waals surface area contributed by atoms with E-state index in [2.05, 4.69) is 20.2 Å². The summed E-state index contributed by atoms with van der Waals surface area (Å²) in [5, 5.41) is 17.8. The largest absolute Gasteiger partial charge is 0.507 e. The predicted octanol–water partition coefficient (Wildman–Crippen LogP) is 3.89. The molecule has 0 aliphatic carbocycles. The number of rotatable bonds is 6. The van der Waals surface area contributed by atoms with Crippen LogP contribution in [-0.4, -0.2) is 38.9 Å². The van der Waals surface area contributed by atoms with Crippen LogP contribution >= 0.6 is 0 Å². The van der Waals surface area contributed by atoms with Crippen LogP contribution in [0.4, 0.5) is 5.82 Å². The molecule has 0 radical (unpaired) electrons. The van der Waals surface area contributed by atoms with Crippen molar-refractivity contribution >= 4 is 15.7 Å². The molecule has 33 heavy (non-hydrogen) atoms. The smallest absolute Gasteiger partial charge is 0.270 e. The quantitative estimate of drug-likeness (QED) is 0.433. The highest BCUT2D eigenvalue weighted by Gasteiger charge is 2.20. The predicted molar refractivity (Wildman–Crippen MR) is 124 cm³/mol. The second kappa shape index (κ2) is 8.62. The first-order valence-corrected chi connectivity index (χ1v) is 11.9. The van der Waals surface area contributed by atoms with Gasteiger partial charge in [0.05, 0.1) is 27.6 Å². The van der Waals surface area contributed by atoms with E-state index >= 15 is 0 Å². The number of nitrogens with two attached hydrogens (primary N) is 1. The molecule has 0 spiro atoms. The van der Waals surface area contributed by atoms with Gasteiger partial charge in [-0.3, -0.25) is 0 Å². The number of benzene rings is 2. The van der Waals surface area contributed by atoms with Crippen molar-refractivity contribution in [1.29, 1.82) is 0 Å². The highest BCUT2D eigenvalue weighted by Crippen LogP contribution is 2.32. The molecule has 2 aromatic heterocycles. The topological polar surface area (TPSA) is 145 Å². The van der Waals surface area contributed by atoms with Crippen molar-refractivity contribution in [3.8, 4) is 40.0 Å². The molecule has 0 aliphatic heterocycles. The van der Waals surface area contributed by atoms with Crippen LogP contribution in [0.25, 0.3) is 34.3 Å². The summed E-state index contributed by atoms with van der Waals surface area (Å²) in [7, 11) is -3.38. The van der Waals surface area contributed by atoms with Crippen LogP contribution in [0.3, 0.4) is 0 Å². The minimum atomic E-state index is -3.38. The lowest BCUT2D eigenvalue weighted by Crippen LogP contribution is -2.13. The number of anilines is 1. The van der Waals surface area contributed by atoms with Crippen molar-refractivity contribution in [2.75, 3.05) is 5.73 Å². The molecule has 2 aromatic carbocycles. The van der Waals surface area contributed by atoms with E-state index in [1.165, 1.54) is 18.3 Å². The summed E-state index contributed by atoms with van der Waals surface area (Å²) in [5.74, 6) is 0.308. The maximum atomic E-state index is 12.4. The van der Waals surface area contributed by atoms with E-state index in [1.54, 1.807) is 38.1 Å². The number of aromatic nitrogens is 4. The summed E-state index contributed by atoms with van der Waals surface area (Å²) in [5.41, 5.74) is 8.68. The van der Waals surface area contributed by atoms with E-state index < -0.39 is 15.1 Å². The van der Waals surface area contributed by atoms with Gasteiger partial charge in [-0.15, -0.1) is 10.2 Å². The second-order valence-corrected chi connectivity index (χ2v) is 10.2. The van der Waals surface area contributed by atoms with Crippen LogP contribution in [0.2, 0.25) is 0 Å². The molecule has 0 aliphatic rings. The summed E-state index contributed by atoms with van der Waals surface area (Å²) in [6, 6.07) is 11.6. The summed E-state index contributed by atoms with van der Waals surface area (Å²) in [4.78, 5) is 8.91. The van der Waals surface area contributed by atoms with Gasteiger partial charge < -0.3 is 15.3 Å². The Kier molecular flexibility index (Phi) is 5.86. The van der Waals surface area contributed by atoms with Gasteiger partial charge in [-0.05, 0) is 50.1 Å². The Morgan fingerprint density at radius 1 is 1.06 bits per heavy atom. The van der Waals surface area contributed by atoms with Gasteiger partial charge >= 0.3 is 0 Å². The van der Waals surface area contributed by atoms with Crippen molar-refractivity contribution in [3.63, 3.8) is 0 Å². The van der Waals surface area contributed by atoms with Gasteiger partial charge in [-0.2, -0.15) is 0 Å². The number of phenolic OH excluding ortho intramolecular Hbond substituents is 1. The van der Waals surface area contributed by atoms with Crippen LogP contribution < -0.4 is 5.73 Å². The van der Waals surface area contributed by atoms with Gasteiger partial charge in [0, 0.05) is 5.56 Å². The Morgan fingerprint density at radius 2 is 1.76 bits per heavy atom. The SMILES string of the molecule is CCc1ccc(-c2nnc(-c3nc(-c4ccc(S(=O)(=O)C(C)C)cc4)cnc3N)o2)c(O)c1. The lowest BCUT2D eigenvalue weighted by molar-refractivity contribution is 0.472. The molecule has 10 heteroatoms. The van der Waals surface area contributed by atoms with Crippen molar-refractivity contribution < 1.29 is 17.9 Å². The molecule has 0 bridgehead atoms. The number of sulfone groups is 1. The fourth-order valence-electron chi connectivity index (χ4n) is 3.19. The van der Waals surface area contributed by atoms with Gasteiger partial charge in [-0.1, -0.05) is 25.1 Å². The molecule has 0 amide bonds. The van der Waals surface area contributed by atoms with E-state index in [0.29, 0.717) is 16.8 Å². The van der Waals surface area contributed by atoms with Crippen LogP contribution in [-0.2, 0) is 16.3 Å². The van der Waals surface area contributed by atoms with Crippen molar-refractivity contribution in [1.82, 2.24) is 20.2 Å². The van der Waals surface area contributed by atoms with E-state index in [9.17, 15) is 13.5 Å². The molecule has 0 unspecified atom stereocenters. The number of aromatic hydroxyl groups is 1. The van der Waals surface area contributed by atoms with Crippen LogP contribution in [0.5, 0.6) is 5.75 Å². The molecular formula is C23H23N5O4S. The zero-order valence-corrected chi connectivity index (χ0v) is 19.2. The third kappa shape index (κ3) is 4.29. The molecule has 4 rings (SSSR count). The highest BCUT2D eigenvalue weighted by molar-refractivity contribution is 7.92. The minimum Gasteiger partial charge on any atom is -0.507 e. The summed E-state index contributed by atoms with van der Waals surface area (Å²) in [6.45, 7) is 5.26. The van der Waals surface area contributed by atoms with Gasteiger partial charge in [0.25, 0.3) is 11.8 Å². The first-order chi connectivity index (χ1) is 15.7. The van der Waals surface area contributed by atoms with E-state index in [-0.39, 0.29) is 33.9 Å². The lowest BCUT2D eigenvalue weighted by atomic mass is 10.1. The molecule has 0 saturated heterocycles. The Morgan fingerprint density at radius 3 is 2.39 bits per heavy atom. The number of phenols is 1. The Bertz CT molecular complexity index is 1410. The number of hydrogen-bond donors (Lipinski definition) is 2. The Balaban J connectivity index is 1.68. The highest BCUT2D eigenvalue weighted by atomic mass is 32.2. The summed E-state index contributed by atoms with van der Waals surface area (Å²) >= 11 is 0. The molecule has 170 valence electrons. The van der Waals surface area contributed by atoms with Crippen molar-refractivity contribution in [2.45, 2.75) is 37.3 Å². The van der Waals surface area contributed by atoms with Gasteiger partial charge in [-0.25, -0.2) is 18.4 Å². The molecule has 9 nitrogen and oxygen atoms in total. The van der Waals surface area contributed by atoms with E-state index in [1.807, 2.05) is 13.0 Å². The monoisotopic (exact) mass is 465 g/mol. The third-order valence-electron chi connectivity index (χ3n) is 5.23. The lowest BCUT2D eigenvalue weighted by Gasteiger charge is -2.09. The maximum absolute atomic E-state index is 12.4. The molecule has 2 heterocycles. The minimum absolute atomic E-state index is 0.0359. The maximum Gasteiger partial charge on any atom is 0.270 e. The first kappa shape index (κ1) is 22.4. The molecule has 0 saturated carbocycles. The first-order valence-electron chi connectivity index (χ1n) is 10.3. The van der Waals surface area contributed by atoms with Gasteiger partial charge in [0.2, 0.25) is 0 Å². The summed E-state index contributed by atoms with van der Waals surface area (Å²) in [6.07, 6.45) is 2.27. The Hall–Kier alpha value is -3.79. The Labute approximate surface area is 191 Å². The fraction of sp³-hybridized carbons (Fsp3) is 0.217. The second-order valence-electron chi connectivity index (χ2n) is 7.72. The van der Waals surface area contributed by atoms with Gasteiger partial charge in [0.1, 0.15) is 5.75 Å². The molecule has 0 fully saturated rings. The van der Waals surface area contributed by atoms with Gasteiger partial charge in [0.15, 0.2) is 21.3 Å².